The van der Waals surface area contributed by atoms with Crippen molar-refractivity contribution in [2.24, 2.45) is 5.92 Å². The quantitative estimate of drug-likeness (QED) is 0.781. The van der Waals surface area contributed by atoms with Crippen LogP contribution in [0.1, 0.15) is 19.5 Å². The van der Waals surface area contributed by atoms with Crippen molar-refractivity contribution in [1.29, 1.82) is 5.26 Å². The van der Waals surface area contributed by atoms with Crippen LogP contribution in [0.3, 0.4) is 0 Å². The lowest BCUT2D eigenvalue weighted by molar-refractivity contribution is -0.141. The Hall–Kier alpha value is -2.16. The molecule has 0 aromatic carbocycles. The van der Waals surface area contributed by atoms with Crippen LogP contribution < -0.4 is 5.32 Å². The molecule has 84 valence electrons. The van der Waals surface area contributed by atoms with Crippen LogP contribution in [0.15, 0.2) is 12.3 Å². The second-order valence-corrected chi connectivity index (χ2v) is 3.44. The lowest BCUT2D eigenvalue weighted by atomic mass is 10.0. The van der Waals surface area contributed by atoms with Crippen LogP contribution in [-0.2, 0) is 4.79 Å². The van der Waals surface area contributed by atoms with Gasteiger partial charge < -0.3 is 10.4 Å². The minimum absolute atomic E-state index is 0.243. The van der Waals surface area contributed by atoms with Gasteiger partial charge in [-0.15, -0.1) is 0 Å². The molecule has 2 N–H and O–H groups in total. The molecule has 1 heterocycles. The topological polar surface area (TPSA) is 98.9 Å². The number of hydrogen-bond donors (Lipinski definition) is 2. The fraction of sp³-hybridized carbons (Fsp3) is 0.400. The van der Waals surface area contributed by atoms with Crippen molar-refractivity contribution >= 4 is 11.9 Å². The third-order valence-corrected chi connectivity index (χ3v) is 2.27. The molecule has 1 aromatic heterocycles. The van der Waals surface area contributed by atoms with Gasteiger partial charge in [-0.3, -0.25) is 4.79 Å². The van der Waals surface area contributed by atoms with Crippen molar-refractivity contribution in [3.8, 4) is 6.07 Å². The molecule has 1 aromatic rings. The van der Waals surface area contributed by atoms with E-state index in [0.29, 0.717) is 0 Å². The molecule has 0 radical (unpaired) electrons. The monoisotopic (exact) mass is 220 g/mol. The third kappa shape index (κ3) is 2.92. The number of aromatic nitrogens is 2. The van der Waals surface area contributed by atoms with Gasteiger partial charge in [-0.1, -0.05) is 0 Å². The van der Waals surface area contributed by atoms with E-state index in [9.17, 15) is 4.79 Å². The molecule has 6 nitrogen and oxygen atoms in total. The van der Waals surface area contributed by atoms with Crippen molar-refractivity contribution in [2.75, 3.05) is 5.32 Å². The predicted molar refractivity (Wildman–Crippen MR) is 56.6 cm³/mol. The molecule has 0 bridgehead atoms. The maximum absolute atomic E-state index is 10.7. The first-order valence-corrected chi connectivity index (χ1v) is 4.77. The van der Waals surface area contributed by atoms with Gasteiger partial charge in [0.15, 0.2) is 0 Å². The van der Waals surface area contributed by atoms with Gasteiger partial charge in [-0.2, -0.15) is 5.26 Å². The normalized spacial score (nSPS) is 13.6. The summed E-state index contributed by atoms with van der Waals surface area (Å²) in [5.74, 6) is -1.19. The minimum atomic E-state index is -0.892. The van der Waals surface area contributed by atoms with E-state index in [4.69, 9.17) is 10.4 Å². The maximum Gasteiger partial charge on any atom is 0.308 e. The highest BCUT2D eigenvalue weighted by molar-refractivity contribution is 5.70. The first-order valence-electron chi connectivity index (χ1n) is 4.77. The van der Waals surface area contributed by atoms with E-state index in [1.54, 1.807) is 13.8 Å². The molecule has 0 aliphatic heterocycles. The predicted octanol–water partition coefficient (Wildman–Crippen LogP) is 0.869. The molecule has 0 fully saturated rings. The van der Waals surface area contributed by atoms with Crippen LogP contribution in [0.5, 0.6) is 0 Å². The number of anilines is 1. The molecule has 2 unspecified atom stereocenters. The van der Waals surface area contributed by atoms with Crippen LogP contribution in [0.4, 0.5) is 5.95 Å². The van der Waals surface area contributed by atoms with Crippen LogP contribution in [0, 0.1) is 17.2 Å². The largest absolute Gasteiger partial charge is 0.481 e. The van der Waals surface area contributed by atoms with Crippen LogP contribution in [0.25, 0.3) is 0 Å². The Kier molecular flexibility index (Phi) is 3.78. The minimum Gasteiger partial charge on any atom is -0.481 e. The summed E-state index contributed by atoms with van der Waals surface area (Å²) in [5, 5.41) is 20.3. The Bertz CT molecular complexity index is 427. The summed E-state index contributed by atoms with van der Waals surface area (Å²) in [6.07, 6.45) is 1.45. The highest BCUT2D eigenvalue weighted by Crippen LogP contribution is 2.08. The van der Waals surface area contributed by atoms with Crippen LogP contribution >= 0.6 is 0 Å². The smallest absolute Gasteiger partial charge is 0.308 e. The molecule has 0 amide bonds. The molecule has 0 aliphatic rings. The molecule has 16 heavy (non-hydrogen) atoms. The molecule has 0 aliphatic carbocycles. The standard InChI is InChI=1S/C10H12N4O2/c1-6(9(15)16)7(2)13-10-12-4-3-8(5-11)14-10/h3-4,6-7H,1-2H3,(H,15,16)(H,12,13,14). The zero-order valence-corrected chi connectivity index (χ0v) is 9.01. The fourth-order valence-corrected chi connectivity index (χ4v) is 1.03. The average molecular weight is 220 g/mol. The highest BCUT2D eigenvalue weighted by atomic mass is 16.4. The Labute approximate surface area is 93.0 Å². The lowest BCUT2D eigenvalue weighted by Crippen LogP contribution is -2.30. The summed E-state index contributed by atoms with van der Waals surface area (Å²) >= 11 is 0. The second-order valence-electron chi connectivity index (χ2n) is 3.44. The molecule has 6 heteroatoms. The second kappa shape index (κ2) is 5.07. The molecule has 0 saturated carbocycles. The number of nitriles is 1. The van der Waals surface area contributed by atoms with E-state index in [1.807, 2.05) is 6.07 Å². The Morgan fingerprint density at radius 3 is 2.88 bits per heavy atom. The zero-order valence-electron chi connectivity index (χ0n) is 9.01. The van der Waals surface area contributed by atoms with Crippen molar-refractivity contribution in [1.82, 2.24) is 9.97 Å². The van der Waals surface area contributed by atoms with Gasteiger partial charge in [-0.05, 0) is 19.9 Å². The Morgan fingerprint density at radius 1 is 1.62 bits per heavy atom. The first-order chi connectivity index (χ1) is 7.54. The SMILES string of the molecule is CC(Nc1nccc(C#N)n1)C(C)C(=O)O. The van der Waals surface area contributed by atoms with Crippen molar-refractivity contribution in [3.63, 3.8) is 0 Å². The number of carbonyl (C=O) groups is 1. The molecule has 0 spiro atoms. The number of carboxylic acids is 1. The van der Waals surface area contributed by atoms with Crippen LogP contribution in [0.2, 0.25) is 0 Å². The van der Waals surface area contributed by atoms with E-state index in [0.717, 1.165) is 0 Å². The maximum atomic E-state index is 10.7. The first kappa shape index (κ1) is 11.9. The van der Waals surface area contributed by atoms with E-state index >= 15 is 0 Å². The van der Waals surface area contributed by atoms with Gasteiger partial charge in [0, 0.05) is 12.2 Å². The summed E-state index contributed by atoms with van der Waals surface area (Å²) in [6.45, 7) is 3.31. The number of nitrogens with one attached hydrogen (secondary N) is 1. The number of hydrogen-bond acceptors (Lipinski definition) is 5. The fourth-order valence-electron chi connectivity index (χ4n) is 1.03. The molecule has 2 atom stereocenters. The van der Waals surface area contributed by atoms with E-state index in [1.165, 1.54) is 12.3 Å². The van der Waals surface area contributed by atoms with Crippen LogP contribution in [-0.4, -0.2) is 27.1 Å². The van der Waals surface area contributed by atoms with Gasteiger partial charge in [0.1, 0.15) is 11.8 Å². The molecular weight excluding hydrogens is 208 g/mol. The molecule has 1 rings (SSSR count). The van der Waals surface area contributed by atoms with Crippen molar-refractivity contribution in [2.45, 2.75) is 19.9 Å². The number of nitrogens with zero attached hydrogens (tertiary/aromatic N) is 3. The third-order valence-electron chi connectivity index (χ3n) is 2.27. The Balaban J connectivity index is 2.73. The number of rotatable bonds is 4. The summed E-state index contributed by atoms with van der Waals surface area (Å²) in [6, 6.07) is 3.05. The summed E-state index contributed by atoms with van der Waals surface area (Å²) in [5.41, 5.74) is 0.243. The molecular formula is C10H12N4O2. The van der Waals surface area contributed by atoms with Crippen molar-refractivity contribution < 1.29 is 9.90 Å². The van der Waals surface area contributed by atoms with E-state index < -0.39 is 11.9 Å². The lowest BCUT2D eigenvalue weighted by Gasteiger charge is -2.17. The number of aliphatic carboxylic acids is 1. The van der Waals surface area contributed by atoms with E-state index in [2.05, 4.69) is 15.3 Å². The van der Waals surface area contributed by atoms with Crippen molar-refractivity contribution in [3.05, 3.63) is 18.0 Å². The highest BCUT2D eigenvalue weighted by Gasteiger charge is 2.19. The average Bonchev–Trinajstić information content (AvgIpc) is 2.28. The summed E-state index contributed by atoms with van der Waals surface area (Å²) in [7, 11) is 0. The number of carboxylic acid groups (broad SMARTS) is 1. The van der Waals surface area contributed by atoms with Gasteiger partial charge >= 0.3 is 5.97 Å². The van der Waals surface area contributed by atoms with Gasteiger partial charge in [0.25, 0.3) is 0 Å². The van der Waals surface area contributed by atoms with Gasteiger partial charge in [-0.25, -0.2) is 9.97 Å². The summed E-state index contributed by atoms with van der Waals surface area (Å²) in [4.78, 5) is 18.5. The molecule has 0 saturated heterocycles. The Morgan fingerprint density at radius 2 is 2.31 bits per heavy atom. The zero-order chi connectivity index (χ0) is 12.1. The van der Waals surface area contributed by atoms with E-state index in [-0.39, 0.29) is 17.7 Å². The summed E-state index contributed by atoms with van der Waals surface area (Å²) < 4.78 is 0. The van der Waals surface area contributed by atoms with Gasteiger partial charge in [0.05, 0.1) is 5.92 Å². The van der Waals surface area contributed by atoms with Gasteiger partial charge in [0.2, 0.25) is 5.95 Å².